The van der Waals surface area contributed by atoms with Crippen LogP contribution in [0.5, 0.6) is 0 Å². The summed E-state index contributed by atoms with van der Waals surface area (Å²) in [5.74, 6) is -0.970. The number of anilines is 1. The normalized spacial score (nSPS) is 22.3. The standard InChI is InChI=1S/C13H17N3O3/c1-9-4-5-10(8-14-9)15-12(19)16-7-3-6-13(16,2)11(17)18/h4-5,8H,3,6-7H2,1-2H3,(H,15,19)(H,17,18). The molecular formula is C13H17N3O3. The van der Waals surface area contributed by atoms with E-state index < -0.39 is 17.5 Å². The summed E-state index contributed by atoms with van der Waals surface area (Å²) in [6.07, 6.45) is 2.73. The monoisotopic (exact) mass is 263 g/mol. The number of pyridine rings is 1. The zero-order valence-electron chi connectivity index (χ0n) is 11.0. The Kier molecular flexibility index (Phi) is 3.42. The van der Waals surface area contributed by atoms with Crippen LogP contribution in [0.2, 0.25) is 0 Å². The molecule has 0 saturated carbocycles. The summed E-state index contributed by atoms with van der Waals surface area (Å²) in [5.41, 5.74) is 0.298. The molecule has 1 aliphatic rings. The topological polar surface area (TPSA) is 82.5 Å². The fourth-order valence-electron chi connectivity index (χ4n) is 2.24. The van der Waals surface area contributed by atoms with Crippen molar-refractivity contribution in [2.24, 2.45) is 0 Å². The Bertz CT molecular complexity index is 500. The third-order valence-corrected chi connectivity index (χ3v) is 3.51. The van der Waals surface area contributed by atoms with Gasteiger partial charge in [0, 0.05) is 12.2 Å². The number of carbonyl (C=O) groups excluding carboxylic acids is 1. The highest BCUT2D eigenvalue weighted by Crippen LogP contribution is 2.29. The van der Waals surface area contributed by atoms with E-state index >= 15 is 0 Å². The molecule has 0 aromatic carbocycles. The van der Waals surface area contributed by atoms with Gasteiger partial charge in [-0.15, -0.1) is 0 Å². The molecule has 1 saturated heterocycles. The van der Waals surface area contributed by atoms with Crippen LogP contribution in [0.3, 0.4) is 0 Å². The molecule has 102 valence electrons. The van der Waals surface area contributed by atoms with Crippen LogP contribution in [0.25, 0.3) is 0 Å². The van der Waals surface area contributed by atoms with Crippen molar-refractivity contribution in [3.63, 3.8) is 0 Å². The second kappa shape index (κ2) is 4.87. The lowest BCUT2D eigenvalue weighted by molar-refractivity contribution is -0.146. The second-order valence-corrected chi connectivity index (χ2v) is 4.95. The number of carbonyl (C=O) groups is 2. The van der Waals surface area contributed by atoms with E-state index in [2.05, 4.69) is 10.3 Å². The summed E-state index contributed by atoms with van der Waals surface area (Å²) >= 11 is 0. The molecule has 1 aliphatic heterocycles. The van der Waals surface area contributed by atoms with E-state index in [-0.39, 0.29) is 0 Å². The van der Waals surface area contributed by atoms with Crippen molar-refractivity contribution in [2.75, 3.05) is 11.9 Å². The number of carboxylic acids is 1. The summed E-state index contributed by atoms with van der Waals surface area (Å²) in [4.78, 5) is 28.9. The zero-order valence-corrected chi connectivity index (χ0v) is 11.0. The smallest absolute Gasteiger partial charge is 0.329 e. The van der Waals surface area contributed by atoms with E-state index in [1.54, 1.807) is 25.3 Å². The van der Waals surface area contributed by atoms with Crippen molar-refractivity contribution in [1.82, 2.24) is 9.88 Å². The number of hydrogen-bond acceptors (Lipinski definition) is 3. The first-order valence-corrected chi connectivity index (χ1v) is 6.18. The van der Waals surface area contributed by atoms with Gasteiger partial charge in [-0.25, -0.2) is 9.59 Å². The van der Waals surface area contributed by atoms with Gasteiger partial charge in [-0.1, -0.05) is 0 Å². The predicted molar refractivity (Wildman–Crippen MR) is 70.0 cm³/mol. The third kappa shape index (κ3) is 2.52. The number of aliphatic carboxylic acids is 1. The van der Waals surface area contributed by atoms with Gasteiger partial charge in [0.2, 0.25) is 0 Å². The van der Waals surface area contributed by atoms with Gasteiger partial charge in [0.25, 0.3) is 0 Å². The van der Waals surface area contributed by atoms with Crippen LogP contribution in [0.1, 0.15) is 25.5 Å². The molecule has 1 aromatic heterocycles. The quantitative estimate of drug-likeness (QED) is 0.853. The van der Waals surface area contributed by atoms with Crippen molar-refractivity contribution >= 4 is 17.7 Å². The van der Waals surface area contributed by atoms with Crippen LogP contribution in [0.4, 0.5) is 10.5 Å². The Labute approximate surface area is 111 Å². The number of rotatable bonds is 2. The van der Waals surface area contributed by atoms with Crippen molar-refractivity contribution in [1.29, 1.82) is 0 Å². The average molecular weight is 263 g/mol. The van der Waals surface area contributed by atoms with Gasteiger partial charge in [-0.2, -0.15) is 0 Å². The number of nitrogens with zero attached hydrogens (tertiary/aromatic N) is 2. The van der Waals surface area contributed by atoms with Crippen molar-refractivity contribution in [2.45, 2.75) is 32.2 Å². The summed E-state index contributed by atoms with van der Waals surface area (Å²) in [6.45, 7) is 3.89. The van der Waals surface area contributed by atoms with Gasteiger partial charge in [0.15, 0.2) is 0 Å². The highest BCUT2D eigenvalue weighted by molar-refractivity contribution is 5.94. The average Bonchev–Trinajstić information content (AvgIpc) is 2.76. The largest absolute Gasteiger partial charge is 0.480 e. The molecule has 2 N–H and O–H groups in total. The maximum Gasteiger partial charge on any atom is 0.329 e. The van der Waals surface area contributed by atoms with Crippen LogP contribution in [0, 0.1) is 6.92 Å². The van der Waals surface area contributed by atoms with Crippen LogP contribution >= 0.6 is 0 Å². The van der Waals surface area contributed by atoms with Crippen LogP contribution < -0.4 is 5.32 Å². The molecule has 0 spiro atoms. The fraction of sp³-hybridized carbons (Fsp3) is 0.462. The molecular weight excluding hydrogens is 246 g/mol. The lowest BCUT2D eigenvalue weighted by atomic mass is 10.00. The molecule has 1 fully saturated rings. The van der Waals surface area contributed by atoms with E-state index in [4.69, 9.17) is 0 Å². The molecule has 1 atom stereocenters. The minimum Gasteiger partial charge on any atom is -0.480 e. The van der Waals surface area contributed by atoms with E-state index in [1.165, 1.54) is 4.90 Å². The Morgan fingerprint density at radius 2 is 2.21 bits per heavy atom. The Hall–Kier alpha value is -2.11. The number of amides is 2. The molecule has 19 heavy (non-hydrogen) atoms. The molecule has 1 unspecified atom stereocenters. The van der Waals surface area contributed by atoms with Gasteiger partial charge in [-0.05, 0) is 38.8 Å². The number of urea groups is 1. The highest BCUT2D eigenvalue weighted by Gasteiger charge is 2.45. The molecule has 6 heteroatoms. The highest BCUT2D eigenvalue weighted by atomic mass is 16.4. The minimum absolute atomic E-state index is 0.395. The van der Waals surface area contributed by atoms with Gasteiger partial charge < -0.3 is 15.3 Å². The van der Waals surface area contributed by atoms with E-state index in [1.807, 2.05) is 6.92 Å². The molecule has 2 amide bonds. The molecule has 0 aliphatic carbocycles. The second-order valence-electron chi connectivity index (χ2n) is 4.95. The summed E-state index contributed by atoms with van der Waals surface area (Å²) in [7, 11) is 0. The minimum atomic E-state index is -1.12. The molecule has 1 aromatic rings. The number of carboxylic acid groups (broad SMARTS) is 1. The Balaban J connectivity index is 2.11. The predicted octanol–water partition coefficient (Wildman–Crippen LogP) is 1.86. The van der Waals surface area contributed by atoms with Gasteiger partial charge >= 0.3 is 12.0 Å². The first kappa shape index (κ1) is 13.3. The fourth-order valence-corrected chi connectivity index (χ4v) is 2.24. The summed E-state index contributed by atoms with van der Waals surface area (Å²) < 4.78 is 0. The number of hydrogen-bond donors (Lipinski definition) is 2. The summed E-state index contributed by atoms with van der Waals surface area (Å²) in [6, 6.07) is 3.14. The first-order chi connectivity index (χ1) is 8.93. The van der Waals surface area contributed by atoms with Crippen LogP contribution in [-0.4, -0.2) is 39.1 Å². The Morgan fingerprint density at radius 3 is 2.79 bits per heavy atom. The Morgan fingerprint density at radius 1 is 1.47 bits per heavy atom. The molecule has 6 nitrogen and oxygen atoms in total. The lowest BCUT2D eigenvalue weighted by Crippen LogP contribution is -2.52. The van der Waals surface area contributed by atoms with Crippen molar-refractivity contribution in [3.05, 3.63) is 24.0 Å². The lowest BCUT2D eigenvalue weighted by Gasteiger charge is -2.31. The van der Waals surface area contributed by atoms with Gasteiger partial charge in [0.05, 0.1) is 11.9 Å². The van der Waals surface area contributed by atoms with E-state index in [0.717, 1.165) is 5.69 Å². The first-order valence-electron chi connectivity index (χ1n) is 6.18. The van der Waals surface area contributed by atoms with Crippen molar-refractivity contribution < 1.29 is 14.7 Å². The van der Waals surface area contributed by atoms with Gasteiger partial charge in [0.1, 0.15) is 5.54 Å². The molecule has 2 heterocycles. The maximum absolute atomic E-state index is 12.1. The van der Waals surface area contributed by atoms with Crippen LogP contribution in [-0.2, 0) is 4.79 Å². The molecule has 0 radical (unpaired) electrons. The SMILES string of the molecule is Cc1ccc(NC(=O)N2CCCC2(C)C(=O)O)cn1. The maximum atomic E-state index is 12.1. The van der Waals surface area contributed by atoms with Gasteiger partial charge in [-0.3, -0.25) is 4.98 Å². The number of aromatic nitrogens is 1. The van der Waals surface area contributed by atoms with E-state index in [9.17, 15) is 14.7 Å². The van der Waals surface area contributed by atoms with Crippen molar-refractivity contribution in [3.8, 4) is 0 Å². The van der Waals surface area contributed by atoms with Crippen LogP contribution in [0.15, 0.2) is 18.3 Å². The number of nitrogens with one attached hydrogen (secondary N) is 1. The molecule has 2 rings (SSSR count). The number of likely N-dealkylation sites (tertiary alicyclic amines) is 1. The van der Waals surface area contributed by atoms with E-state index in [0.29, 0.717) is 25.1 Å². The summed E-state index contributed by atoms with van der Waals surface area (Å²) in [5, 5.41) is 11.9. The third-order valence-electron chi connectivity index (χ3n) is 3.51. The molecule has 0 bridgehead atoms. The zero-order chi connectivity index (χ0) is 14.0. The number of aryl methyl sites for hydroxylation is 1.